The molecule has 1 aliphatic heterocycles. The fraction of sp³-hybridized carbons (Fsp3) is 0.133. The van der Waals surface area contributed by atoms with Gasteiger partial charge in [0.25, 0.3) is 0 Å². The molecule has 3 rings (SSSR count). The number of amides is 1. The lowest BCUT2D eigenvalue weighted by Crippen LogP contribution is -2.12. The summed E-state index contributed by atoms with van der Waals surface area (Å²) >= 11 is 0. The molecule has 5 heteroatoms. The van der Waals surface area contributed by atoms with Gasteiger partial charge in [-0.1, -0.05) is 6.07 Å². The van der Waals surface area contributed by atoms with Crippen LogP contribution in [0.15, 0.2) is 36.4 Å². The van der Waals surface area contributed by atoms with Gasteiger partial charge >= 0.3 is 0 Å². The second-order valence-electron chi connectivity index (χ2n) is 4.83. The molecule has 1 heterocycles. The van der Waals surface area contributed by atoms with Crippen molar-refractivity contribution in [3.8, 4) is 0 Å². The minimum Gasteiger partial charge on any atom is -0.397 e. The zero-order valence-corrected chi connectivity index (χ0v) is 11.0. The highest BCUT2D eigenvalue weighted by Gasteiger charge is 2.20. The second-order valence-corrected chi connectivity index (χ2v) is 4.83. The van der Waals surface area contributed by atoms with Crippen LogP contribution in [0.5, 0.6) is 0 Å². The number of anilines is 4. The zero-order chi connectivity index (χ0) is 14.3. The lowest BCUT2D eigenvalue weighted by atomic mass is 10.1. The number of carbonyl (C=O) groups is 1. The summed E-state index contributed by atoms with van der Waals surface area (Å²) in [6.45, 7) is 0. The highest BCUT2D eigenvalue weighted by molar-refractivity contribution is 6.01. The van der Waals surface area contributed by atoms with Crippen molar-refractivity contribution in [2.75, 3.05) is 23.0 Å². The number of carbonyl (C=O) groups excluding carboxylic acids is 1. The van der Waals surface area contributed by atoms with Crippen molar-refractivity contribution < 1.29 is 9.18 Å². The number of halogens is 1. The Morgan fingerprint density at radius 1 is 1.30 bits per heavy atom. The van der Waals surface area contributed by atoms with E-state index >= 15 is 0 Å². The number of nitrogens with one attached hydrogen (secondary N) is 1. The average molecular weight is 271 g/mol. The van der Waals surface area contributed by atoms with Gasteiger partial charge in [0, 0.05) is 18.4 Å². The van der Waals surface area contributed by atoms with Gasteiger partial charge in [0.2, 0.25) is 5.91 Å². The normalized spacial score (nSPS) is 13.0. The molecule has 4 nitrogen and oxygen atoms in total. The number of hydrogen-bond acceptors (Lipinski definition) is 3. The summed E-state index contributed by atoms with van der Waals surface area (Å²) < 4.78 is 13.3. The molecule has 2 aromatic carbocycles. The first kappa shape index (κ1) is 12.5. The summed E-state index contributed by atoms with van der Waals surface area (Å²) in [4.78, 5) is 13.2. The van der Waals surface area contributed by atoms with E-state index in [1.807, 2.05) is 13.1 Å². The average Bonchev–Trinajstić information content (AvgIpc) is 2.76. The lowest BCUT2D eigenvalue weighted by molar-refractivity contribution is -0.115. The molecule has 0 radical (unpaired) electrons. The molecule has 20 heavy (non-hydrogen) atoms. The summed E-state index contributed by atoms with van der Waals surface area (Å²) in [5.41, 5.74) is 9.69. The molecule has 0 atom stereocenters. The molecule has 1 aliphatic rings. The van der Waals surface area contributed by atoms with Crippen LogP contribution >= 0.6 is 0 Å². The van der Waals surface area contributed by atoms with Crippen LogP contribution in [0.1, 0.15) is 5.56 Å². The number of nitrogens with two attached hydrogens (primary N) is 1. The quantitative estimate of drug-likeness (QED) is 0.826. The molecule has 3 N–H and O–H groups in total. The van der Waals surface area contributed by atoms with Crippen LogP contribution in [-0.4, -0.2) is 13.0 Å². The Morgan fingerprint density at radius 2 is 2.10 bits per heavy atom. The Labute approximate surface area is 116 Å². The SMILES string of the molecule is CN(c1cccc(F)c1)c1cc2c(cc1N)CC(=O)N2. The monoisotopic (exact) mass is 271 g/mol. The molecular formula is C15H14FN3O. The number of nitrogens with zero attached hydrogens (tertiary/aromatic N) is 1. The van der Waals surface area contributed by atoms with Crippen molar-refractivity contribution >= 4 is 28.7 Å². The van der Waals surface area contributed by atoms with Crippen LogP contribution in [0, 0.1) is 5.82 Å². The van der Waals surface area contributed by atoms with Gasteiger partial charge < -0.3 is 16.0 Å². The number of fused-ring (bicyclic) bond motifs is 1. The molecule has 0 fully saturated rings. The highest BCUT2D eigenvalue weighted by atomic mass is 19.1. The van der Waals surface area contributed by atoms with Crippen LogP contribution in [0.25, 0.3) is 0 Å². The number of rotatable bonds is 2. The van der Waals surface area contributed by atoms with E-state index in [4.69, 9.17) is 5.73 Å². The summed E-state index contributed by atoms with van der Waals surface area (Å²) in [6.07, 6.45) is 0.351. The smallest absolute Gasteiger partial charge is 0.228 e. The molecule has 0 unspecified atom stereocenters. The third-order valence-electron chi connectivity index (χ3n) is 3.43. The fourth-order valence-electron chi connectivity index (χ4n) is 2.40. The van der Waals surface area contributed by atoms with Gasteiger partial charge in [-0.3, -0.25) is 4.79 Å². The van der Waals surface area contributed by atoms with E-state index in [1.54, 1.807) is 23.1 Å². The third kappa shape index (κ3) is 2.07. The van der Waals surface area contributed by atoms with E-state index in [1.165, 1.54) is 12.1 Å². The first-order chi connectivity index (χ1) is 9.54. The zero-order valence-electron chi connectivity index (χ0n) is 11.0. The van der Waals surface area contributed by atoms with Crippen molar-refractivity contribution in [1.29, 1.82) is 0 Å². The topological polar surface area (TPSA) is 58.4 Å². The highest BCUT2D eigenvalue weighted by Crippen LogP contribution is 2.36. The standard InChI is InChI=1S/C15H14FN3O/c1-19(11-4-2-3-10(16)7-11)14-8-13-9(5-12(14)17)6-15(20)18-13/h2-5,7-8H,6,17H2,1H3,(H,18,20). The van der Waals surface area contributed by atoms with E-state index in [0.717, 1.165) is 16.9 Å². The van der Waals surface area contributed by atoms with Gasteiger partial charge in [-0.2, -0.15) is 0 Å². The van der Waals surface area contributed by atoms with E-state index in [-0.39, 0.29) is 11.7 Å². The van der Waals surface area contributed by atoms with Crippen LogP contribution in [0.4, 0.5) is 27.1 Å². The maximum Gasteiger partial charge on any atom is 0.228 e. The van der Waals surface area contributed by atoms with Gasteiger partial charge in [0.05, 0.1) is 17.8 Å². The van der Waals surface area contributed by atoms with Crippen molar-refractivity contribution in [1.82, 2.24) is 0 Å². The lowest BCUT2D eigenvalue weighted by Gasteiger charge is -2.22. The van der Waals surface area contributed by atoms with Crippen LogP contribution in [0.3, 0.4) is 0 Å². The minimum atomic E-state index is -0.303. The molecule has 0 aliphatic carbocycles. The molecule has 2 aromatic rings. The molecule has 102 valence electrons. The summed E-state index contributed by atoms with van der Waals surface area (Å²) in [5.74, 6) is -0.340. The molecule has 1 amide bonds. The van der Waals surface area contributed by atoms with Crippen molar-refractivity contribution in [2.24, 2.45) is 0 Å². The summed E-state index contributed by atoms with van der Waals surface area (Å²) in [6, 6.07) is 9.88. The minimum absolute atomic E-state index is 0.0371. The van der Waals surface area contributed by atoms with Gasteiger partial charge in [0.15, 0.2) is 0 Å². The molecule has 0 spiro atoms. The van der Waals surface area contributed by atoms with E-state index in [0.29, 0.717) is 17.8 Å². The third-order valence-corrected chi connectivity index (χ3v) is 3.43. The van der Waals surface area contributed by atoms with Gasteiger partial charge in [0.1, 0.15) is 5.82 Å². The van der Waals surface area contributed by atoms with Gasteiger partial charge in [-0.25, -0.2) is 4.39 Å². The predicted octanol–water partition coefficient (Wildman–Crippen LogP) is 2.67. The Kier molecular flexibility index (Phi) is 2.82. The predicted molar refractivity (Wildman–Crippen MR) is 77.7 cm³/mol. The maximum atomic E-state index is 13.3. The summed E-state index contributed by atoms with van der Waals surface area (Å²) in [7, 11) is 1.81. The largest absolute Gasteiger partial charge is 0.397 e. The number of hydrogen-bond donors (Lipinski definition) is 2. The van der Waals surface area contributed by atoms with Crippen LogP contribution in [-0.2, 0) is 11.2 Å². The number of benzene rings is 2. The second kappa shape index (κ2) is 4.52. The van der Waals surface area contributed by atoms with Gasteiger partial charge in [-0.15, -0.1) is 0 Å². The molecule has 0 bridgehead atoms. The molecule has 0 saturated carbocycles. The van der Waals surface area contributed by atoms with E-state index in [9.17, 15) is 9.18 Å². The first-order valence-corrected chi connectivity index (χ1v) is 6.26. The molecular weight excluding hydrogens is 257 g/mol. The fourth-order valence-corrected chi connectivity index (χ4v) is 2.40. The van der Waals surface area contributed by atoms with Crippen molar-refractivity contribution in [3.05, 3.63) is 47.8 Å². The number of nitrogen functional groups attached to an aromatic ring is 1. The Bertz CT molecular complexity index is 700. The van der Waals surface area contributed by atoms with Crippen molar-refractivity contribution in [2.45, 2.75) is 6.42 Å². The van der Waals surface area contributed by atoms with Gasteiger partial charge in [-0.05, 0) is 35.9 Å². The molecule has 0 saturated heterocycles. The summed E-state index contributed by atoms with van der Waals surface area (Å²) in [5, 5.41) is 2.79. The maximum absolute atomic E-state index is 13.3. The first-order valence-electron chi connectivity index (χ1n) is 6.26. The molecule has 0 aromatic heterocycles. The Hall–Kier alpha value is -2.56. The van der Waals surface area contributed by atoms with Crippen LogP contribution < -0.4 is 16.0 Å². The Morgan fingerprint density at radius 3 is 2.85 bits per heavy atom. The van der Waals surface area contributed by atoms with E-state index in [2.05, 4.69) is 5.32 Å². The van der Waals surface area contributed by atoms with Crippen molar-refractivity contribution in [3.63, 3.8) is 0 Å². The van der Waals surface area contributed by atoms with E-state index < -0.39 is 0 Å². The van der Waals surface area contributed by atoms with Crippen LogP contribution in [0.2, 0.25) is 0 Å². The Balaban J connectivity index is 2.02.